The second-order valence-corrected chi connectivity index (χ2v) is 8.28. The van der Waals surface area contributed by atoms with Crippen LogP contribution in [0, 0.1) is 19.8 Å². The SMILES string of the molecule is Cc1cc(C)c(C(=O)N2CC[C@@H](N3CCN(C)CC3)[C@@H](CCC(=O)O)C2)cn1. The number of piperidine rings is 1. The molecule has 0 unspecified atom stereocenters. The number of hydrogen-bond acceptors (Lipinski definition) is 5. The molecule has 2 atom stereocenters. The summed E-state index contributed by atoms with van der Waals surface area (Å²) in [4.78, 5) is 35.3. The van der Waals surface area contributed by atoms with Gasteiger partial charge in [0, 0.05) is 63.6 Å². The molecule has 7 nitrogen and oxygen atoms in total. The molecule has 3 heterocycles. The van der Waals surface area contributed by atoms with Crippen molar-refractivity contribution in [2.45, 2.75) is 39.2 Å². The average Bonchev–Trinajstić information content (AvgIpc) is 2.66. The van der Waals surface area contributed by atoms with E-state index >= 15 is 0 Å². The van der Waals surface area contributed by atoms with Crippen LogP contribution in [0.1, 0.15) is 40.9 Å². The van der Waals surface area contributed by atoms with Gasteiger partial charge < -0.3 is 14.9 Å². The van der Waals surface area contributed by atoms with Crippen molar-refractivity contribution in [1.82, 2.24) is 19.7 Å². The molecule has 154 valence electrons. The molecular weight excluding hydrogens is 356 g/mol. The summed E-state index contributed by atoms with van der Waals surface area (Å²) < 4.78 is 0. The monoisotopic (exact) mass is 388 g/mol. The minimum absolute atomic E-state index is 0.0159. The number of aromatic nitrogens is 1. The summed E-state index contributed by atoms with van der Waals surface area (Å²) in [6, 6.07) is 2.29. The Bertz CT molecular complexity index is 716. The number of aryl methyl sites for hydroxylation is 2. The molecule has 1 aromatic heterocycles. The Morgan fingerprint density at radius 1 is 1.18 bits per heavy atom. The van der Waals surface area contributed by atoms with E-state index in [2.05, 4.69) is 21.8 Å². The highest BCUT2D eigenvalue weighted by molar-refractivity contribution is 5.95. The Labute approximate surface area is 167 Å². The van der Waals surface area contributed by atoms with E-state index in [4.69, 9.17) is 0 Å². The third kappa shape index (κ3) is 4.89. The third-order valence-electron chi connectivity index (χ3n) is 6.19. The van der Waals surface area contributed by atoms with E-state index in [1.54, 1.807) is 6.20 Å². The van der Waals surface area contributed by atoms with E-state index in [1.165, 1.54) is 0 Å². The molecule has 1 amide bonds. The Hall–Kier alpha value is -1.99. The highest BCUT2D eigenvalue weighted by atomic mass is 16.4. The first kappa shape index (κ1) is 20.7. The summed E-state index contributed by atoms with van der Waals surface area (Å²) in [5.41, 5.74) is 2.50. The molecule has 3 rings (SSSR count). The molecule has 2 aliphatic rings. The van der Waals surface area contributed by atoms with Gasteiger partial charge in [0.05, 0.1) is 5.56 Å². The Kier molecular flexibility index (Phi) is 6.67. The van der Waals surface area contributed by atoms with Gasteiger partial charge >= 0.3 is 5.97 Å². The molecule has 0 radical (unpaired) electrons. The second kappa shape index (κ2) is 9.01. The third-order valence-corrected chi connectivity index (χ3v) is 6.19. The fourth-order valence-electron chi connectivity index (χ4n) is 4.52. The lowest BCUT2D eigenvalue weighted by Crippen LogP contribution is -2.57. The summed E-state index contributed by atoms with van der Waals surface area (Å²) in [7, 11) is 2.14. The molecule has 1 N–H and O–H groups in total. The van der Waals surface area contributed by atoms with Crippen molar-refractivity contribution in [1.29, 1.82) is 0 Å². The van der Waals surface area contributed by atoms with Crippen LogP contribution in [0.5, 0.6) is 0 Å². The van der Waals surface area contributed by atoms with Gasteiger partial charge in [-0.3, -0.25) is 19.5 Å². The number of rotatable bonds is 5. The zero-order chi connectivity index (χ0) is 20.3. The van der Waals surface area contributed by atoms with E-state index in [0.717, 1.165) is 43.9 Å². The highest BCUT2D eigenvalue weighted by Crippen LogP contribution is 2.28. The topological polar surface area (TPSA) is 77.0 Å². The van der Waals surface area contributed by atoms with Crippen molar-refractivity contribution in [2.75, 3.05) is 46.3 Å². The number of nitrogens with zero attached hydrogens (tertiary/aromatic N) is 4. The molecule has 0 aromatic carbocycles. The van der Waals surface area contributed by atoms with E-state index in [9.17, 15) is 14.7 Å². The van der Waals surface area contributed by atoms with Crippen molar-refractivity contribution in [3.05, 3.63) is 29.1 Å². The number of pyridine rings is 1. The van der Waals surface area contributed by atoms with E-state index in [-0.39, 0.29) is 18.2 Å². The zero-order valence-corrected chi connectivity index (χ0v) is 17.2. The summed E-state index contributed by atoms with van der Waals surface area (Å²) in [6.07, 6.45) is 3.34. The predicted octanol–water partition coefficient (Wildman–Crippen LogP) is 1.64. The van der Waals surface area contributed by atoms with Crippen molar-refractivity contribution >= 4 is 11.9 Å². The first-order valence-electron chi connectivity index (χ1n) is 10.2. The van der Waals surface area contributed by atoms with Gasteiger partial charge in [0.15, 0.2) is 0 Å². The number of carboxylic acid groups (broad SMARTS) is 1. The van der Waals surface area contributed by atoms with Gasteiger partial charge in [-0.05, 0) is 51.3 Å². The van der Waals surface area contributed by atoms with Gasteiger partial charge in [0.2, 0.25) is 0 Å². The van der Waals surface area contributed by atoms with Crippen molar-refractivity contribution < 1.29 is 14.7 Å². The average molecular weight is 389 g/mol. The predicted molar refractivity (Wildman–Crippen MR) is 107 cm³/mol. The van der Waals surface area contributed by atoms with E-state index in [0.29, 0.717) is 31.1 Å². The molecule has 0 aliphatic carbocycles. The van der Waals surface area contributed by atoms with Crippen molar-refractivity contribution in [3.8, 4) is 0 Å². The molecule has 2 aliphatic heterocycles. The molecule has 28 heavy (non-hydrogen) atoms. The molecule has 0 spiro atoms. The number of likely N-dealkylation sites (N-methyl/N-ethyl adjacent to an activating group) is 1. The zero-order valence-electron chi connectivity index (χ0n) is 17.2. The Morgan fingerprint density at radius 2 is 1.89 bits per heavy atom. The van der Waals surface area contributed by atoms with Crippen molar-refractivity contribution in [3.63, 3.8) is 0 Å². The van der Waals surface area contributed by atoms with Crippen LogP contribution in [-0.4, -0.2) is 89.0 Å². The second-order valence-electron chi connectivity index (χ2n) is 8.28. The normalized spacial score (nSPS) is 24.3. The maximum absolute atomic E-state index is 13.1. The largest absolute Gasteiger partial charge is 0.481 e. The number of hydrogen-bond donors (Lipinski definition) is 1. The maximum atomic E-state index is 13.1. The van der Waals surface area contributed by atoms with Crippen LogP contribution in [0.25, 0.3) is 0 Å². The Balaban J connectivity index is 1.72. The standard InChI is InChI=1S/C21H32N4O3/c1-15-12-16(2)22-13-18(15)21(28)25-7-6-19(17(14-25)4-5-20(26)27)24-10-8-23(3)9-11-24/h12-13,17,19H,4-11,14H2,1-3H3,(H,26,27)/t17-,19+/m0/s1. The minimum atomic E-state index is -0.765. The molecule has 0 saturated carbocycles. The number of piperazine rings is 1. The molecule has 1 aromatic rings. The van der Waals surface area contributed by atoms with Gasteiger partial charge in [-0.2, -0.15) is 0 Å². The molecule has 2 saturated heterocycles. The van der Waals surface area contributed by atoms with Gasteiger partial charge in [0.1, 0.15) is 0 Å². The van der Waals surface area contributed by atoms with E-state index < -0.39 is 5.97 Å². The summed E-state index contributed by atoms with van der Waals surface area (Å²) in [6.45, 7) is 9.31. The summed E-state index contributed by atoms with van der Waals surface area (Å²) >= 11 is 0. The lowest BCUT2D eigenvalue weighted by atomic mass is 9.86. The maximum Gasteiger partial charge on any atom is 0.303 e. The van der Waals surface area contributed by atoms with Gasteiger partial charge in [-0.15, -0.1) is 0 Å². The van der Waals surface area contributed by atoms with Crippen LogP contribution in [0.3, 0.4) is 0 Å². The molecule has 7 heteroatoms. The Morgan fingerprint density at radius 3 is 2.54 bits per heavy atom. The van der Waals surface area contributed by atoms with E-state index in [1.807, 2.05) is 24.8 Å². The number of carbonyl (C=O) groups excluding carboxylic acids is 1. The quantitative estimate of drug-likeness (QED) is 0.826. The van der Waals surface area contributed by atoms with Crippen LogP contribution in [0.2, 0.25) is 0 Å². The summed E-state index contributed by atoms with van der Waals surface area (Å²) in [5.74, 6) is -0.558. The number of carboxylic acids is 1. The van der Waals surface area contributed by atoms with Crippen LogP contribution < -0.4 is 0 Å². The smallest absolute Gasteiger partial charge is 0.303 e. The highest BCUT2D eigenvalue weighted by Gasteiger charge is 2.36. The van der Waals surface area contributed by atoms with Crippen molar-refractivity contribution in [2.24, 2.45) is 5.92 Å². The number of amides is 1. The number of aliphatic carboxylic acids is 1. The summed E-state index contributed by atoms with van der Waals surface area (Å²) in [5, 5.41) is 9.18. The molecular formula is C21H32N4O3. The van der Waals surface area contributed by atoms with Crippen LogP contribution >= 0.6 is 0 Å². The van der Waals surface area contributed by atoms with Crippen LogP contribution in [0.4, 0.5) is 0 Å². The van der Waals surface area contributed by atoms with Crippen LogP contribution in [0.15, 0.2) is 12.3 Å². The van der Waals surface area contributed by atoms with Gasteiger partial charge in [-0.1, -0.05) is 0 Å². The first-order valence-corrected chi connectivity index (χ1v) is 10.2. The first-order chi connectivity index (χ1) is 13.3. The van der Waals surface area contributed by atoms with Gasteiger partial charge in [0.25, 0.3) is 5.91 Å². The minimum Gasteiger partial charge on any atom is -0.481 e. The van der Waals surface area contributed by atoms with Gasteiger partial charge in [-0.25, -0.2) is 0 Å². The fraction of sp³-hybridized carbons (Fsp3) is 0.667. The number of carbonyl (C=O) groups is 2. The number of likely N-dealkylation sites (tertiary alicyclic amines) is 1. The fourth-order valence-corrected chi connectivity index (χ4v) is 4.52. The lowest BCUT2D eigenvalue weighted by Gasteiger charge is -2.46. The molecule has 0 bridgehead atoms. The van der Waals surface area contributed by atoms with Crippen LogP contribution in [-0.2, 0) is 4.79 Å². The lowest BCUT2D eigenvalue weighted by molar-refractivity contribution is -0.137. The molecule has 2 fully saturated rings.